The molecule has 0 aliphatic heterocycles. The highest BCUT2D eigenvalue weighted by Crippen LogP contribution is 2.20. The van der Waals surface area contributed by atoms with Gasteiger partial charge in [0.1, 0.15) is 11.5 Å². The molecule has 6 nitrogen and oxygen atoms in total. The number of carbonyl (C=O) groups excluding carboxylic acids is 3. The van der Waals surface area contributed by atoms with Crippen LogP contribution in [0.25, 0.3) is 0 Å². The zero-order valence-corrected chi connectivity index (χ0v) is 17.5. The number of nitrogens with one attached hydrogen (secondary N) is 1. The molecule has 2 rings (SSSR count). The van der Waals surface area contributed by atoms with Gasteiger partial charge < -0.3 is 14.6 Å². The van der Waals surface area contributed by atoms with Crippen molar-refractivity contribution in [2.24, 2.45) is 5.92 Å². The molecule has 0 fully saturated rings. The van der Waals surface area contributed by atoms with E-state index in [1.807, 2.05) is 13.8 Å². The number of amides is 1. The van der Waals surface area contributed by atoms with Gasteiger partial charge in [-0.3, -0.25) is 9.59 Å². The van der Waals surface area contributed by atoms with Crippen molar-refractivity contribution in [3.05, 3.63) is 58.2 Å². The van der Waals surface area contributed by atoms with Crippen LogP contribution in [0.1, 0.15) is 63.2 Å². The van der Waals surface area contributed by atoms with E-state index in [0.29, 0.717) is 28.9 Å². The lowest BCUT2D eigenvalue weighted by atomic mass is 10.0. The van der Waals surface area contributed by atoms with Crippen molar-refractivity contribution in [2.45, 2.75) is 34.6 Å². The van der Waals surface area contributed by atoms with Gasteiger partial charge in [-0.1, -0.05) is 13.8 Å². The van der Waals surface area contributed by atoms with Crippen LogP contribution in [0.3, 0.4) is 0 Å². The first-order valence-corrected chi connectivity index (χ1v) is 9.60. The highest BCUT2D eigenvalue weighted by atomic mass is 19.1. The first-order chi connectivity index (χ1) is 13.6. The summed E-state index contributed by atoms with van der Waals surface area (Å²) in [6.45, 7) is 9.44. The summed E-state index contributed by atoms with van der Waals surface area (Å²) in [5.74, 6) is -1.44. The number of hydrogen-bond donors (Lipinski definition) is 1. The van der Waals surface area contributed by atoms with Gasteiger partial charge in [0.15, 0.2) is 5.78 Å². The molecule has 7 heteroatoms. The summed E-state index contributed by atoms with van der Waals surface area (Å²) in [6, 6.07) is 5.24. The highest BCUT2D eigenvalue weighted by Gasteiger charge is 2.26. The molecule has 1 aromatic heterocycles. The molecule has 1 aromatic carbocycles. The number of nitrogens with zero attached hydrogens (tertiary/aromatic N) is 1. The first kappa shape index (κ1) is 22.3. The van der Waals surface area contributed by atoms with Crippen molar-refractivity contribution < 1.29 is 23.5 Å². The summed E-state index contributed by atoms with van der Waals surface area (Å²) >= 11 is 0. The monoisotopic (exact) mass is 402 g/mol. The van der Waals surface area contributed by atoms with Gasteiger partial charge in [0, 0.05) is 23.4 Å². The quantitative estimate of drug-likeness (QED) is 0.536. The molecule has 1 heterocycles. The summed E-state index contributed by atoms with van der Waals surface area (Å²) in [4.78, 5) is 42.4. The van der Waals surface area contributed by atoms with Crippen LogP contribution in [0.15, 0.2) is 24.3 Å². The van der Waals surface area contributed by atoms with E-state index in [-0.39, 0.29) is 36.5 Å². The number of esters is 1. The van der Waals surface area contributed by atoms with Crippen LogP contribution in [0.5, 0.6) is 0 Å². The van der Waals surface area contributed by atoms with Gasteiger partial charge in [-0.2, -0.15) is 0 Å². The van der Waals surface area contributed by atoms with Crippen LogP contribution in [-0.4, -0.2) is 47.2 Å². The Hall–Kier alpha value is -2.96. The summed E-state index contributed by atoms with van der Waals surface area (Å²) in [5, 5.41) is 0. The lowest BCUT2D eigenvalue weighted by molar-refractivity contribution is 0.0519. The molecule has 0 saturated carbocycles. The van der Waals surface area contributed by atoms with Gasteiger partial charge in [-0.05, 0) is 56.5 Å². The predicted octanol–water partition coefficient (Wildman–Crippen LogP) is 3.93. The van der Waals surface area contributed by atoms with Crippen LogP contribution in [0.2, 0.25) is 0 Å². The molecular formula is C22H27FN2O4. The number of ether oxygens (including phenoxy) is 1. The number of aryl methyl sites for hydroxylation is 1. The van der Waals surface area contributed by atoms with Crippen molar-refractivity contribution >= 4 is 17.7 Å². The fourth-order valence-electron chi connectivity index (χ4n) is 3.26. The topological polar surface area (TPSA) is 79.5 Å². The normalized spacial score (nSPS) is 10.9. The number of halogens is 1. The summed E-state index contributed by atoms with van der Waals surface area (Å²) < 4.78 is 18.2. The van der Waals surface area contributed by atoms with Crippen molar-refractivity contribution in [3.63, 3.8) is 0 Å². The molecule has 2 aromatic rings. The molecule has 0 bridgehead atoms. The summed E-state index contributed by atoms with van der Waals surface area (Å²) in [5.41, 5.74) is 2.00. The second-order valence-electron chi connectivity index (χ2n) is 7.36. The second-order valence-corrected chi connectivity index (χ2v) is 7.36. The number of rotatable bonds is 8. The predicted molar refractivity (Wildman–Crippen MR) is 108 cm³/mol. The standard InChI is InChI=1S/C22H27FN2O4/c1-6-29-22(28)20-14(4)19(15(5)24-20)18(26)12-25(11-13(2)3)21(27)16-7-9-17(23)10-8-16/h7-10,13,24H,6,11-12H2,1-5H3. The minimum Gasteiger partial charge on any atom is -0.461 e. The van der Waals surface area contributed by atoms with Crippen LogP contribution < -0.4 is 0 Å². The molecule has 29 heavy (non-hydrogen) atoms. The number of benzene rings is 1. The van der Waals surface area contributed by atoms with Crippen molar-refractivity contribution in [1.29, 1.82) is 0 Å². The van der Waals surface area contributed by atoms with Crippen LogP contribution in [0, 0.1) is 25.6 Å². The van der Waals surface area contributed by atoms with Crippen LogP contribution >= 0.6 is 0 Å². The molecule has 0 spiro atoms. The highest BCUT2D eigenvalue weighted by molar-refractivity contribution is 6.05. The molecular weight excluding hydrogens is 375 g/mol. The largest absolute Gasteiger partial charge is 0.461 e. The number of ketones is 1. The Morgan fingerprint density at radius 1 is 1.14 bits per heavy atom. The van der Waals surface area contributed by atoms with E-state index in [1.165, 1.54) is 29.2 Å². The van der Waals surface area contributed by atoms with Gasteiger partial charge in [0.2, 0.25) is 0 Å². The smallest absolute Gasteiger partial charge is 0.355 e. The molecule has 0 atom stereocenters. The molecule has 0 saturated heterocycles. The summed E-state index contributed by atoms with van der Waals surface area (Å²) in [7, 11) is 0. The number of hydrogen-bond acceptors (Lipinski definition) is 4. The Balaban J connectivity index is 2.30. The minimum absolute atomic E-state index is 0.135. The molecule has 0 aliphatic rings. The average molecular weight is 402 g/mol. The number of Topliss-reactive ketones (excluding diaryl/α,β-unsaturated/α-hetero) is 1. The third-order valence-electron chi connectivity index (χ3n) is 4.49. The van der Waals surface area contributed by atoms with E-state index in [1.54, 1.807) is 20.8 Å². The molecule has 156 valence electrons. The van der Waals surface area contributed by atoms with Gasteiger partial charge in [0.25, 0.3) is 5.91 Å². The van der Waals surface area contributed by atoms with Gasteiger partial charge in [-0.15, -0.1) is 0 Å². The fourth-order valence-corrected chi connectivity index (χ4v) is 3.26. The van der Waals surface area contributed by atoms with Crippen molar-refractivity contribution in [1.82, 2.24) is 9.88 Å². The number of aromatic amines is 1. The molecule has 0 radical (unpaired) electrons. The van der Waals surface area contributed by atoms with E-state index >= 15 is 0 Å². The van der Waals surface area contributed by atoms with E-state index in [4.69, 9.17) is 4.74 Å². The van der Waals surface area contributed by atoms with E-state index in [0.717, 1.165) is 0 Å². The van der Waals surface area contributed by atoms with Crippen molar-refractivity contribution in [2.75, 3.05) is 19.7 Å². The SMILES string of the molecule is CCOC(=O)c1[nH]c(C)c(C(=O)CN(CC(C)C)C(=O)c2ccc(F)cc2)c1C. The lowest BCUT2D eigenvalue weighted by Crippen LogP contribution is -2.38. The minimum atomic E-state index is -0.520. The van der Waals surface area contributed by atoms with Gasteiger partial charge >= 0.3 is 5.97 Å². The maximum atomic E-state index is 13.2. The zero-order chi connectivity index (χ0) is 21.7. The Bertz CT molecular complexity index is 900. The first-order valence-electron chi connectivity index (χ1n) is 9.60. The average Bonchev–Trinajstić information content (AvgIpc) is 2.95. The van der Waals surface area contributed by atoms with E-state index in [9.17, 15) is 18.8 Å². The number of carbonyl (C=O) groups is 3. The Labute approximate surface area is 170 Å². The Kier molecular flexibility index (Phi) is 7.31. The van der Waals surface area contributed by atoms with Crippen LogP contribution in [-0.2, 0) is 4.74 Å². The lowest BCUT2D eigenvalue weighted by Gasteiger charge is -2.24. The van der Waals surface area contributed by atoms with Crippen LogP contribution in [0.4, 0.5) is 4.39 Å². The van der Waals surface area contributed by atoms with E-state index in [2.05, 4.69) is 4.98 Å². The second kappa shape index (κ2) is 9.49. The molecule has 0 unspecified atom stereocenters. The fraction of sp³-hybridized carbons (Fsp3) is 0.409. The zero-order valence-electron chi connectivity index (χ0n) is 17.5. The third kappa shape index (κ3) is 5.31. The maximum Gasteiger partial charge on any atom is 0.355 e. The maximum absolute atomic E-state index is 13.2. The van der Waals surface area contributed by atoms with Crippen molar-refractivity contribution in [3.8, 4) is 0 Å². The third-order valence-corrected chi connectivity index (χ3v) is 4.49. The Morgan fingerprint density at radius 3 is 2.31 bits per heavy atom. The Morgan fingerprint density at radius 2 is 1.76 bits per heavy atom. The number of aromatic nitrogens is 1. The van der Waals surface area contributed by atoms with Gasteiger partial charge in [0.05, 0.1) is 13.2 Å². The molecule has 0 aliphatic carbocycles. The number of H-pyrrole nitrogens is 1. The molecule has 1 N–H and O–H groups in total. The summed E-state index contributed by atoms with van der Waals surface area (Å²) in [6.07, 6.45) is 0. The molecule has 1 amide bonds. The van der Waals surface area contributed by atoms with Gasteiger partial charge in [-0.25, -0.2) is 9.18 Å². The van der Waals surface area contributed by atoms with E-state index < -0.39 is 11.8 Å².